The summed E-state index contributed by atoms with van der Waals surface area (Å²) in [7, 11) is 0. The average Bonchev–Trinajstić information content (AvgIpc) is 3.82. The summed E-state index contributed by atoms with van der Waals surface area (Å²) < 4.78 is 60.1. The van der Waals surface area contributed by atoms with Gasteiger partial charge in [-0.2, -0.15) is 18.3 Å². The van der Waals surface area contributed by atoms with Crippen molar-refractivity contribution in [3.63, 3.8) is 0 Å². The Morgan fingerprint density at radius 2 is 1.80 bits per heavy atom. The number of alkyl carbamates (subject to hydrolysis) is 1. The van der Waals surface area contributed by atoms with Crippen LogP contribution in [0.5, 0.6) is 0 Å². The van der Waals surface area contributed by atoms with Crippen LogP contribution in [0.2, 0.25) is 5.02 Å². The number of aromatic nitrogens is 1. The SMILES string of the molecule is CC(C)(C)OC(=O)NCC1=NNC(=C2CCC2)c2ccc(C3(C(=O)N(Cc4ccc(C(F)(F)F)cn4)Cc4c(F)cccc4Cl)CC3)cc21. The highest BCUT2D eigenvalue weighted by Crippen LogP contribution is 2.51. The van der Waals surface area contributed by atoms with Crippen molar-refractivity contribution < 1.29 is 31.9 Å². The first-order chi connectivity index (χ1) is 23.1. The summed E-state index contributed by atoms with van der Waals surface area (Å²) in [6, 6.07) is 12.1. The van der Waals surface area contributed by atoms with Crippen molar-refractivity contribution in [1.29, 1.82) is 0 Å². The van der Waals surface area contributed by atoms with Crippen molar-refractivity contribution in [2.75, 3.05) is 6.54 Å². The zero-order valence-corrected chi connectivity index (χ0v) is 28.1. The Kier molecular flexibility index (Phi) is 9.21. The number of alkyl halides is 3. The summed E-state index contributed by atoms with van der Waals surface area (Å²) in [4.78, 5) is 32.4. The van der Waals surface area contributed by atoms with E-state index in [-0.39, 0.29) is 41.8 Å². The van der Waals surface area contributed by atoms with Crippen molar-refractivity contribution >= 4 is 35.0 Å². The van der Waals surface area contributed by atoms with Crippen molar-refractivity contribution in [1.82, 2.24) is 20.6 Å². The van der Waals surface area contributed by atoms with E-state index in [0.29, 0.717) is 24.1 Å². The molecule has 8 nitrogen and oxygen atoms in total. The standard InChI is InChI=1S/C36H36ClF4N5O3/c1-34(2,3)49-33(48)43-18-30-26-16-22(11-13-25(26)31(45-44-30)21-6-4-7-21)35(14-15-35)32(47)46(20-27-28(37)8-5-9-29(27)38)19-24-12-10-23(17-42-24)36(39,40)41/h5,8-13,16-17,45H,4,6-7,14-15,18-20H2,1-3H3,(H,43,48). The lowest BCUT2D eigenvalue weighted by Gasteiger charge is -2.30. The second-order valence-corrected chi connectivity index (χ2v) is 14.0. The number of nitrogens with one attached hydrogen (secondary N) is 2. The average molecular weight is 698 g/mol. The van der Waals surface area contributed by atoms with Crippen molar-refractivity contribution in [3.8, 4) is 0 Å². The van der Waals surface area contributed by atoms with Gasteiger partial charge in [-0.25, -0.2) is 9.18 Å². The monoisotopic (exact) mass is 697 g/mol. The first-order valence-electron chi connectivity index (χ1n) is 16.1. The minimum Gasteiger partial charge on any atom is -0.444 e. The molecule has 0 spiro atoms. The maximum absolute atomic E-state index is 15.0. The fraction of sp³-hybridized carbons (Fsp3) is 0.389. The summed E-state index contributed by atoms with van der Waals surface area (Å²) in [6.07, 6.45) is -0.471. The number of pyridine rings is 1. The Morgan fingerprint density at radius 1 is 1.04 bits per heavy atom. The van der Waals surface area contributed by atoms with Crippen molar-refractivity contribution in [2.24, 2.45) is 5.10 Å². The number of benzene rings is 2. The number of hydrazone groups is 1. The molecule has 2 saturated carbocycles. The molecule has 2 heterocycles. The van der Waals surface area contributed by atoms with E-state index in [4.69, 9.17) is 16.3 Å². The molecular formula is C36H36ClF4N5O3. The third-order valence-corrected chi connectivity index (χ3v) is 9.28. The van der Waals surface area contributed by atoms with Crippen LogP contribution in [0.4, 0.5) is 22.4 Å². The van der Waals surface area contributed by atoms with Gasteiger partial charge in [0.05, 0.1) is 47.7 Å². The van der Waals surface area contributed by atoms with Crippen LogP contribution in [-0.2, 0) is 34.2 Å². The predicted molar refractivity (Wildman–Crippen MR) is 177 cm³/mol. The second-order valence-electron chi connectivity index (χ2n) is 13.6. The molecule has 0 bridgehead atoms. The minimum atomic E-state index is -4.57. The van der Waals surface area contributed by atoms with Crippen molar-refractivity contribution in [3.05, 3.63) is 105 Å². The summed E-state index contributed by atoms with van der Waals surface area (Å²) in [6.45, 7) is 5.00. The Hall–Kier alpha value is -4.45. The molecule has 2 aliphatic carbocycles. The molecule has 1 aliphatic heterocycles. The Morgan fingerprint density at radius 3 is 2.39 bits per heavy atom. The van der Waals surface area contributed by atoms with Crippen LogP contribution in [0.25, 0.3) is 5.70 Å². The van der Waals surface area contributed by atoms with E-state index in [9.17, 15) is 27.2 Å². The Labute approximate surface area is 286 Å². The first-order valence-corrected chi connectivity index (χ1v) is 16.4. The van der Waals surface area contributed by atoms with Gasteiger partial charge in [-0.3, -0.25) is 15.2 Å². The van der Waals surface area contributed by atoms with Crippen LogP contribution in [0.15, 0.2) is 65.4 Å². The molecule has 2 N–H and O–H groups in total. The molecule has 6 rings (SSSR count). The van der Waals surface area contributed by atoms with Crippen LogP contribution in [0.1, 0.15) is 86.4 Å². The van der Waals surface area contributed by atoms with Crippen LogP contribution in [-0.4, -0.2) is 39.7 Å². The van der Waals surface area contributed by atoms with Crippen LogP contribution in [0.3, 0.4) is 0 Å². The van der Waals surface area contributed by atoms with Crippen LogP contribution >= 0.6 is 11.6 Å². The molecule has 0 atom stereocenters. The van der Waals surface area contributed by atoms with E-state index in [1.54, 1.807) is 20.8 Å². The quantitative estimate of drug-likeness (QED) is 0.234. The number of amides is 2. The molecule has 2 amide bonds. The lowest BCUT2D eigenvalue weighted by atomic mass is 9.84. The molecule has 3 aromatic rings. The predicted octanol–water partition coefficient (Wildman–Crippen LogP) is 7.88. The second kappa shape index (κ2) is 13.1. The lowest BCUT2D eigenvalue weighted by Crippen LogP contribution is -2.39. The summed E-state index contributed by atoms with van der Waals surface area (Å²) in [5.41, 5.74) is 5.98. The highest BCUT2D eigenvalue weighted by atomic mass is 35.5. The molecule has 13 heteroatoms. The largest absolute Gasteiger partial charge is 0.444 e. The smallest absolute Gasteiger partial charge is 0.417 e. The molecule has 3 aliphatic rings. The van der Waals surface area contributed by atoms with Gasteiger partial charge in [0.2, 0.25) is 5.91 Å². The van der Waals surface area contributed by atoms with Gasteiger partial charge < -0.3 is 15.0 Å². The maximum Gasteiger partial charge on any atom is 0.417 e. The van der Waals surface area contributed by atoms with E-state index < -0.39 is 34.7 Å². The van der Waals surface area contributed by atoms with Crippen LogP contribution < -0.4 is 10.7 Å². The number of allylic oxidation sites excluding steroid dienone is 1. The number of ether oxygens (including phenoxy) is 1. The number of rotatable bonds is 8. The number of carbonyl (C=O) groups is 2. The number of nitrogens with zero attached hydrogens (tertiary/aromatic N) is 3. The molecule has 258 valence electrons. The van der Waals surface area contributed by atoms with Gasteiger partial charge in [0.15, 0.2) is 0 Å². The molecule has 49 heavy (non-hydrogen) atoms. The van der Waals surface area contributed by atoms with Gasteiger partial charge >= 0.3 is 12.3 Å². The Balaban J connectivity index is 1.33. The maximum atomic E-state index is 15.0. The summed E-state index contributed by atoms with van der Waals surface area (Å²) in [5, 5.41) is 7.49. The van der Waals surface area contributed by atoms with E-state index in [1.165, 1.54) is 34.7 Å². The van der Waals surface area contributed by atoms with Gasteiger partial charge in [-0.1, -0.05) is 29.8 Å². The third kappa shape index (κ3) is 7.44. The highest BCUT2D eigenvalue weighted by Gasteiger charge is 2.53. The fourth-order valence-electron chi connectivity index (χ4n) is 6.03. The van der Waals surface area contributed by atoms with Crippen LogP contribution in [0, 0.1) is 5.82 Å². The lowest BCUT2D eigenvalue weighted by molar-refractivity contribution is -0.138. The number of hydrogen-bond donors (Lipinski definition) is 2. The minimum absolute atomic E-state index is 0.0689. The van der Waals surface area contributed by atoms with Gasteiger partial charge in [0.25, 0.3) is 0 Å². The summed E-state index contributed by atoms with van der Waals surface area (Å²) >= 11 is 6.36. The number of halogens is 5. The van der Waals surface area contributed by atoms with Crippen molar-refractivity contribution in [2.45, 2.75) is 83.2 Å². The zero-order chi connectivity index (χ0) is 35.1. The van der Waals surface area contributed by atoms with E-state index in [0.717, 1.165) is 48.3 Å². The number of hydrogen-bond acceptors (Lipinski definition) is 6. The molecule has 2 fully saturated rings. The number of carbonyl (C=O) groups excluding carboxylic acids is 2. The van der Waals surface area contributed by atoms with Gasteiger partial charge in [0.1, 0.15) is 11.4 Å². The first kappa shape index (κ1) is 34.4. The molecule has 0 radical (unpaired) electrons. The zero-order valence-electron chi connectivity index (χ0n) is 27.3. The van der Waals surface area contributed by atoms with Gasteiger partial charge in [-0.15, -0.1) is 0 Å². The molecule has 2 aromatic carbocycles. The van der Waals surface area contributed by atoms with Gasteiger partial charge in [-0.05, 0) is 94.3 Å². The summed E-state index contributed by atoms with van der Waals surface area (Å²) in [5.74, 6) is -0.933. The molecule has 0 unspecified atom stereocenters. The highest BCUT2D eigenvalue weighted by molar-refractivity contribution is 6.31. The van der Waals surface area contributed by atoms with E-state index >= 15 is 0 Å². The molecule has 0 saturated heterocycles. The van der Waals surface area contributed by atoms with Gasteiger partial charge in [0, 0.05) is 27.9 Å². The Bertz CT molecular complexity index is 1820. The topological polar surface area (TPSA) is 95.9 Å². The fourth-order valence-corrected chi connectivity index (χ4v) is 6.25. The number of fused-ring (bicyclic) bond motifs is 1. The van der Waals surface area contributed by atoms with E-state index in [1.807, 2.05) is 18.2 Å². The third-order valence-electron chi connectivity index (χ3n) is 8.93. The molecular weight excluding hydrogens is 662 g/mol. The molecule has 1 aromatic heterocycles. The normalized spacial score (nSPS) is 16.5. The van der Waals surface area contributed by atoms with E-state index in [2.05, 4.69) is 20.8 Å².